The van der Waals surface area contributed by atoms with Crippen LogP contribution in [0.5, 0.6) is 0 Å². The number of rotatable bonds is 4. The van der Waals surface area contributed by atoms with E-state index in [4.69, 9.17) is 4.52 Å². The maximum atomic E-state index is 12.2. The van der Waals surface area contributed by atoms with E-state index in [1.54, 1.807) is 6.07 Å². The van der Waals surface area contributed by atoms with Gasteiger partial charge in [0, 0.05) is 43.6 Å². The molecule has 0 spiro atoms. The van der Waals surface area contributed by atoms with E-state index in [0.717, 1.165) is 44.7 Å². The van der Waals surface area contributed by atoms with Gasteiger partial charge in [0.25, 0.3) is 0 Å². The third-order valence-electron chi connectivity index (χ3n) is 4.99. The average molecular weight is 348 g/mol. The second-order valence-corrected chi connectivity index (χ2v) is 8.07. The quantitative estimate of drug-likeness (QED) is 0.900. The van der Waals surface area contributed by atoms with Crippen LogP contribution in [0.25, 0.3) is 0 Å². The van der Waals surface area contributed by atoms with Crippen LogP contribution in [-0.2, 0) is 15.0 Å². The molecule has 7 heteroatoms. The number of likely N-dealkylation sites (tertiary alicyclic amines) is 2. The second kappa shape index (κ2) is 7.15. The summed E-state index contributed by atoms with van der Waals surface area (Å²) >= 11 is 0. The van der Waals surface area contributed by atoms with Crippen LogP contribution in [0.4, 0.5) is 5.82 Å². The van der Waals surface area contributed by atoms with Gasteiger partial charge in [-0.1, -0.05) is 25.9 Å². The molecule has 0 aromatic carbocycles. The minimum absolute atomic E-state index is 0.0792. The normalized spacial score (nSPS) is 20.3. The summed E-state index contributed by atoms with van der Waals surface area (Å²) in [5.41, 5.74) is -0.134. The van der Waals surface area contributed by atoms with Gasteiger partial charge < -0.3 is 14.7 Å². The zero-order valence-corrected chi connectivity index (χ0v) is 15.4. The van der Waals surface area contributed by atoms with Crippen LogP contribution < -0.4 is 5.32 Å². The van der Waals surface area contributed by atoms with E-state index in [-0.39, 0.29) is 17.2 Å². The van der Waals surface area contributed by atoms with Crippen molar-refractivity contribution in [3.8, 4) is 0 Å². The fraction of sp³-hybridized carbons (Fsp3) is 0.722. The second-order valence-electron chi connectivity index (χ2n) is 8.07. The molecule has 1 aromatic heterocycles. The van der Waals surface area contributed by atoms with Gasteiger partial charge in [0.2, 0.25) is 11.8 Å². The molecule has 2 aliphatic heterocycles. The number of nitrogens with zero attached hydrogens (tertiary/aromatic N) is 3. The zero-order chi connectivity index (χ0) is 18.0. The number of anilines is 1. The van der Waals surface area contributed by atoms with E-state index in [9.17, 15) is 9.59 Å². The third-order valence-corrected chi connectivity index (χ3v) is 4.99. The van der Waals surface area contributed by atoms with Crippen LogP contribution in [0, 0.1) is 0 Å². The van der Waals surface area contributed by atoms with Crippen LogP contribution in [-0.4, -0.2) is 59.0 Å². The fourth-order valence-electron chi connectivity index (χ4n) is 3.52. The van der Waals surface area contributed by atoms with Crippen LogP contribution in [0.15, 0.2) is 10.6 Å². The van der Waals surface area contributed by atoms with Crippen LogP contribution in [0.1, 0.15) is 52.2 Å². The molecule has 0 radical (unpaired) electrons. The molecule has 2 saturated heterocycles. The van der Waals surface area contributed by atoms with Crippen molar-refractivity contribution in [1.82, 2.24) is 15.0 Å². The molecule has 2 aliphatic rings. The molecule has 25 heavy (non-hydrogen) atoms. The van der Waals surface area contributed by atoms with Crippen molar-refractivity contribution in [1.29, 1.82) is 0 Å². The van der Waals surface area contributed by atoms with Crippen LogP contribution in [0.3, 0.4) is 0 Å². The van der Waals surface area contributed by atoms with Crippen LogP contribution >= 0.6 is 0 Å². The predicted octanol–water partition coefficient (Wildman–Crippen LogP) is 2.00. The SMILES string of the molecule is CC(C)(C)c1cc(NC(=O)CN2CCC(N3CCCC3=O)CC2)no1. The first-order valence-corrected chi connectivity index (χ1v) is 9.12. The van der Waals surface area contributed by atoms with Gasteiger partial charge in [-0.25, -0.2) is 0 Å². The van der Waals surface area contributed by atoms with Gasteiger partial charge >= 0.3 is 0 Å². The van der Waals surface area contributed by atoms with E-state index in [1.165, 1.54) is 0 Å². The summed E-state index contributed by atoms with van der Waals surface area (Å²) < 4.78 is 5.29. The first kappa shape index (κ1) is 17.9. The van der Waals surface area contributed by atoms with Crippen molar-refractivity contribution in [2.75, 3.05) is 31.5 Å². The summed E-state index contributed by atoms with van der Waals surface area (Å²) in [4.78, 5) is 28.2. The Labute approximate surface area is 148 Å². The molecule has 1 N–H and O–H groups in total. The van der Waals surface area contributed by atoms with Crippen LogP contribution in [0.2, 0.25) is 0 Å². The Bertz CT molecular complexity index is 627. The fourth-order valence-corrected chi connectivity index (χ4v) is 3.52. The summed E-state index contributed by atoms with van der Waals surface area (Å²) in [5, 5.41) is 6.72. The molecule has 3 rings (SSSR count). The molecule has 0 atom stereocenters. The van der Waals surface area contributed by atoms with Crippen molar-refractivity contribution >= 4 is 17.6 Å². The molecule has 0 unspecified atom stereocenters. The molecule has 3 heterocycles. The highest BCUT2D eigenvalue weighted by Crippen LogP contribution is 2.25. The molecule has 1 aromatic rings. The van der Waals surface area contributed by atoms with Crippen molar-refractivity contribution in [2.24, 2.45) is 0 Å². The Morgan fingerprint density at radius 3 is 2.60 bits per heavy atom. The van der Waals surface area contributed by atoms with Crippen molar-refractivity contribution < 1.29 is 14.1 Å². The first-order valence-electron chi connectivity index (χ1n) is 9.12. The molecule has 0 bridgehead atoms. The molecule has 7 nitrogen and oxygen atoms in total. The Balaban J connectivity index is 1.45. The van der Waals surface area contributed by atoms with Crippen molar-refractivity contribution in [3.63, 3.8) is 0 Å². The van der Waals surface area contributed by atoms with E-state index >= 15 is 0 Å². The van der Waals surface area contributed by atoms with E-state index in [1.807, 2.05) is 25.7 Å². The smallest absolute Gasteiger partial charge is 0.239 e. The molecular weight excluding hydrogens is 320 g/mol. The van der Waals surface area contributed by atoms with Crippen molar-refractivity contribution in [3.05, 3.63) is 11.8 Å². The number of carbonyl (C=O) groups is 2. The molecule has 2 fully saturated rings. The van der Waals surface area contributed by atoms with Gasteiger partial charge in [0.05, 0.1) is 6.54 Å². The average Bonchev–Trinajstić information content (AvgIpc) is 3.17. The van der Waals surface area contributed by atoms with E-state index in [0.29, 0.717) is 24.8 Å². The number of hydrogen-bond donors (Lipinski definition) is 1. The van der Waals surface area contributed by atoms with E-state index < -0.39 is 0 Å². The Morgan fingerprint density at radius 1 is 1.32 bits per heavy atom. The van der Waals surface area contributed by atoms with Gasteiger partial charge in [-0.3, -0.25) is 14.5 Å². The lowest BCUT2D eigenvalue weighted by Crippen LogP contribution is -2.47. The van der Waals surface area contributed by atoms with Gasteiger partial charge in [-0.05, 0) is 19.3 Å². The summed E-state index contributed by atoms with van der Waals surface area (Å²) in [6.07, 6.45) is 3.56. The van der Waals surface area contributed by atoms with Gasteiger partial charge in [-0.2, -0.15) is 0 Å². The lowest BCUT2D eigenvalue weighted by atomic mass is 9.93. The summed E-state index contributed by atoms with van der Waals surface area (Å²) in [6.45, 7) is 9.03. The number of hydrogen-bond acceptors (Lipinski definition) is 5. The Hall–Kier alpha value is -1.89. The van der Waals surface area contributed by atoms with Gasteiger partial charge in [-0.15, -0.1) is 0 Å². The highest BCUT2D eigenvalue weighted by atomic mass is 16.5. The molecular formula is C18H28N4O3. The third kappa shape index (κ3) is 4.39. The predicted molar refractivity (Wildman–Crippen MR) is 94.2 cm³/mol. The number of aromatic nitrogens is 1. The Kier molecular flexibility index (Phi) is 5.13. The topological polar surface area (TPSA) is 78.7 Å². The number of nitrogens with one attached hydrogen (secondary N) is 1. The van der Waals surface area contributed by atoms with Gasteiger partial charge in [0.1, 0.15) is 5.76 Å². The lowest BCUT2D eigenvalue weighted by Gasteiger charge is -2.36. The summed E-state index contributed by atoms with van der Waals surface area (Å²) in [7, 11) is 0. The maximum Gasteiger partial charge on any atom is 0.239 e. The number of carbonyl (C=O) groups excluding carboxylic acids is 2. The van der Waals surface area contributed by atoms with Crippen molar-refractivity contribution in [2.45, 2.75) is 57.9 Å². The first-order chi connectivity index (χ1) is 11.8. The summed E-state index contributed by atoms with van der Waals surface area (Å²) in [5.74, 6) is 1.42. The molecule has 138 valence electrons. The van der Waals surface area contributed by atoms with E-state index in [2.05, 4.69) is 15.4 Å². The molecule has 0 saturated carbocycles. The standard InChI is InChI=1S/C18H28N4O3/c1-18(2,3)14-11-15(20-25-14)19-16(23)12-21-9-6-13(7-10-21)22-8-4-5-17(22)24/h11,13H,4-10,12H2,1-3H3,(H,19,20,23). The lowest BCUT2D eigenvalue weighted by molar-refractivity contribution is -0.130. The minimum atomic E-state index is -0.134. The Morgan fingerprint density at radius 2 is 2.04 bits per heavy atom. The molecule has 2 amide bonds. The zero-order valence-electron chi connectivity index (χ0n) is 15.4. The monoisotopic (exact) mass is 348 g/mol. The maximum absolute atomic E-state index is 12.2. The minimum Gasteiger partial charge on any atom is -0.359 e. The highest BCUT2D eigenvalue weighted by Gasteiger charge is 2.31. The summed E-state index contributed by atoms with van der Waals surface area (Å²) in [6, 6.07) is 2.13. The number of piperidine rings is 1. The number of amides is 2. The largest absolute Gasteiger partial charge is 0.359 e. The van der Waals surface area contributed by atoms with Gasteiger partial charge in [0.15, 0.2) is 5.82 Å². The molecule has 0 aliphatic carbocycles. The highest BCUT2D eigenvalue weighted by molar-refractivity contribution is 5.91.